The molecule has 0 amide bonds. The Labute approximate surface area is 133 Å². The molecule has 2 rings (SSSR count). The molecule has 0 saturated carbocycles. The molecule has 0 bridgehead atoms. The van der Waals surface area contributed by atoms with E-state index in [1.165, 1.54) is 12.7 Å². The van der Waals surface area contributed by atoms with E-state index in [1.54, 1.807) is 26.2 Å². The highest BCUT2D eigenvalue weighted by Crippen LogP contribution is 2.43. The Morgan fingerprint density at radius 1 is 1.27 bits per heavy atom. The SMILES string of the molecule is C=CC.COc1cc(C)c(F)c(OC)c1C1C=C(C)CCC1. The molecule has 0 aliphatic heterocycles. The van der Waals surface area contributed by atoms with Crippen LogP contribution in [0.2, 0.25) is 0 Å². The van der Waals surface area contributed by atoms with Gasteiger partial charge in [-0.1, -0.05) is 17.7 Å². The monoisotopic (exact) mass is 306 g/mol. The van der Waals surface area contributed by atoms with Crippen molar-refractivity contribution in [1.29, 1.82) is 0 Å². The van der Waals surface area contributed by atoms with Gasteiger partial charge in [-0.3, -0.25) is 0 Å². The maximum Gasteiger partial charge on any atom is 0.168 e. The number of hydrogen-bond acceptors (Lipinski definition) is 2. The molecule has 1 aliphatic rings. The molecular weight excluding hydrogens is 279 g/mol. The highest BCUT2D eigenvalue weighted by molar-refractivity contribution is 5.52. The van der Waals surface area contributed by atoms with Crippen LogP contribution in [-0.4, -0.2) is 14.2 Å². The predicted molar refractivity (Wildman–Crippen MR) is 90.5 cm³/mol. The van der Waals surface area contributed by atoms with Crippen molar-refractivity contribution in [2.75, 3.05) is 14.2 Å². The minimum Gasteiger partial charge on any atom is -0.496 e. The lowest BCUT2D eigenvalue weighted by Crippen LogP contribution is -2.08. The summed E-state index contributed by atoms with van der Waals surface area (Å²) in [6.07, 6.45) is 7.20. The van der Waals surface area contributed by atoms with Crippen LogP contribution in [0.25, 0.3) is 0 Å². The van der Waals surface area contributed by atoms with Gasteiger partial charge in [0.25, 0.3) is 0 Å². The van der Waals surface area contributed by atoms with Crippen molar-refractivity contribution >= 4 is 0 Å². The molecule has 22 heavy (non-hydrogen) atoms. The summed E-state index contributed by atoms with van der Waals surface area (Å²) >= 11 is 0. The van der Waals surface area contributed by atoms with Gasteiger partial charge in [-0.05, 0) is 51.7 Å². The fourth-order valence-electron chi connectivity index (χ4n) is 2.81. The Bertz CT molecular complexity index is 547. The number of aryl methyl sites for hydroxylation is 1. The van der Waals surface area contributed by atoms with E-state index in [2.05, 4.69) is 19.6 Å². The fraction of sp³-hybridized carbons (Fsp3) is 0.474. The van der Waals surface area contributed by atoms with Crippen molar-refractivity contribution in [3.63, 3.8) is 0 Å². The van der Waals surface area contributed by atoms with Crippen LogP contribution in [0, 0.1) is 12.7 Å². The van der Waals surface area contributed by atoms with Crippen LogP contribution in [-0.2, 0) is 0 Å². The molecule has 1 unspecified atom stereocenters. The second-order valence-corrected chi connectivity index (χ2v) is 5.58. The summed E-state index contributed by atoms with van der Waals surface area (Å²) in [5.41, 5.74) is 2.74. The van der Waals surface area contributed by atoms with Gasteiger partial charge in [0.05, 0.1) is 14.2 Å². The third kappa shape index (κ3) is 4.12. The van der Waals surface area contributed by atoms with Gasteiger partial charge in [-0.25, -0.2) is 4.39 Å². The van der Waals surface area contributed by atoms with Gasteiger partial charge in [-0.15, -0.1) is 6.58 Å². The number of rotatable bonds is 3. The average molecular weight is 306 g/mol. The summed E-state index contributed by atoms with van der Waals surface area (Å²) in [7, 11) is 3.13. The number of allylic oxidation sites excluding steroid dienone is 3. The topological polar surface area (TPSA) is 18.5 Å². The van der Waals surface area contributed by atoms with Crippen LogP contribution >= 0.6 is 0 Å². The minimum absolute atomic E-state index is 0.175. The van der Waals surface area contributed by atoms with Gasteiger partial charge in [0.15, 0.2) is 11.6 Å². The van der Waals surface area contributed by atoms with Crippen molar-refractivity contribution in [2.45, 2.75) is 46.0 Å². The fourth-order valence-corrected chi connectivity index (χ4v) is 2.81. The van der Waals surface area contributed by atoms with E-state index in [0.29, 0.717) is 17.1 Å². The highest BCUT2D eigenvalue weighted by atomic mass is 19.1. The van der Waals surface area contributed by atoms with Crippen molar-refractivity contribution in [2.24, 2.45) is 0 Å². The maximum absolute atomic E-state index is 14.2. The zero-order chi connectivity index (χ0) is 16.7. The van der Waals surface area contributed by atoms with E-state index in [1.807, 2.05) is 6.92 Å². The van der Waals surface area contributed by atoms with Gasteiger partial charge in [0, 0.05) is 11.5 Å². The number of methoxy groups -OCH3 is 2. The molecular formula is C19H27FO2. The van der Waals surface area contributed by atoms with Gasteiger partial charge in [0.1, 0.15) is 5.75 Å². The van der Waals surface area contributed by atoms with Crippen LogP contribution in [0.4, 0.5) is 4.39 Å². The molecule has 3 heteroatoms. The summed E-state index contributed by atoms with van der Waals surface area (Å²) < 4.78 is 25.0. The molecule has 0 aromatic heterocycles. The highest BCUT2D eigenvalue weighted by Gasteiger charge is 2.25. The second-order valence-electron chi connectivity index (χ2n) is 5.58. The average Bonchev–Trinajstić information content (AvgIpc) is 2.50. The molecule has 1 atom stereocenters. The molecule has 0 fully saturated rings. The first-order valence-electron chi connectivity index (χ1n) is 7.65. The van der Waals surface area contributed by atoms with Crippen LogP contribution in [0.15, 0.2) is 30.4 Å². The molecule has 122 valence electrons. The van der Waals surface area contributed by atoms with E-state index >= 15 is 0 Å². The van der Waals surface area contributed by atoms with Crippen LogP contribution in [0.3, 0.4) is 0 Å². The third-order valence-corrected chi connectivity index (χ3v) is 3.77. The van der Waals surface area contributed by atoms with Crippen LogP contribution in [0.5, 0.6) is 11.5 Å². The normalized spacial score (nSPS) is 17.0. The lowest BCUT2D eigenvalue weighted by Gasteiger charge is -2.24. The maximum atomic E-state index is 14.2. The molecule has 1 aliphatic carbocycles. The van der Waals surface area contributed by atoms with E-state index in [9.17, 15) is 4.39 Å². The Morgan fingerprint density at radius 2 is 1.91 bits per heavy atom. The Balaban J connectivity index is 0.000000745. The largest absolute Gasteiger partial charge is 0.496 e. The molecule has 1 aromatic carbocycles. The summed E-state index contributed by atoms with van der Waals surface area (Å²) in [6, 6.07) is 1.75. The van der Waals surface area contributed by atoms with Crippen molar-refractivity contribution in [3.8, 4) is 11.5 Å². The van der Waals surface area contributed by atoms with Crippen LogP contribution in [0.1, 0.15) is 50.2 Å². The van der Waals surface area contributed by atoms with E-state index in [0.717, 1.165) is 24.8 Å². The lowest BCUT2D eigenvalue weighted by molar-refractivity contribution is 0.359. The number of hydrogen-bond donors (Lipinski definition) is 0. The molecule has 0 spiro atoms. The zero-order valence-corrected chi connectivity index (χ0v) is 14.3. The molecule has 0 N–H and O–H groups in total. The molecule has 0 radical (unpaired) electrons. The van der Waals surface area contributed by atoms with Crippen molar-refractivity contribution in [3.05, 3.63) is 47.3 Å². The lowest BCUT2D eigenvalue weighted by atomic mass is 9.84. The Hall–Kier alpha value is -1.77. The standard InChI is InChI=1S/C16H21FO2.C3H6/c1-10-6-5-7-12(8-10)14-13(18-3)9-11(2)15(17)16(14)19-4;1-3-2/h8-9,12H,5-7H2,1-4H3;3H,1H2,2H3. The van der Waals surface area contributed by atoms with Gasteiger partial charge >= 0.3 is 0 Å². The van der Waals surface area contributed by atoms with E-state index < -0.39 is 0 Å². The summed E-state index contributed by atoms with van der Waals surface area (Å²) in [5.74, 6) is 0.933. The first-order valence-corrected chi connectivity index (χ1v) is 7.65. The summed E-state index contributed by atoms with van der Waals surface area (Å²) in [6.45, 7) is 9.10. The van der Waals surface area contributed by atoms with Gasteiger partial charge in [0.2, 0.25) is 0 Å². The van der Waals surface area contributed by atoms with Gasteiger partial charge in [-0.2, -0.15) is 0 Å². The summed E-state index contributed by atoms with van der Waals surface area (Å²) in [4.78, 5) is 0. The Morgan fingerprint density at radius 3 is 2.41 bits per heavy atom. The molecule has 0 heterocycles. The smallest absolute Gasteiger partial charge is 0.168 e. The minimum atomic E-state index is -0.282. The van der Waals surface area contributed by atoms with E-state index in [-0.39, 0.29) is 11.7 Å². The first-order chi connectivity index (χ1) is 10.5. The third-order valence-electron chi connectivity index (χ3n) is 3.77. The molecule has 0 saturated heterocycles. The summed E-state index contributed by atoms with van der Waals surface area (Å²) in [5, 5.41) is 0. The van der Waals surface area contributed by atoms with E-state index in [4.69, 9.17) is 9.47 Å². The van der Waals surface area contributed by atoms with Crippen LogP contribution < -0.4 is 9.47 Å². The second kappa shape index (κ2) is 8.62. The molecule has 1 aromatic rings. The zero-order valence-electron chi connectivity index (χ0n) is 14.3. The Kier molecular flexibility index (Phi) is 7.16. The first kappa shape index (κ1) is 18.3. The molecule has 2 nitrogen and oxygen atoms in total. The number of ether oxygens (including phenoxy) is 2. The number of halogens is 1. The quantitative estimate of drug-likeness (QED) is 0.681. The van der Waals surface area contributed by atoms with Gasteiger partial charge < -0.3 is 9.47 Å². The van der Waals surface area contributed by atoms with Crippen molar-refractivity contribution in [1.82, 2.24) is 0 Å². The number of benzene rings is 1. The van der Waals surface area contributed by atoms with Crippen molar-refractivity contribution < 1.29 is 13.9 Å². The predicted octanol–water partition coefficient (Wildman–Crippen LogP) is 5.56.